The molecule has 78 valence electrons. The molecule has 0 saturated heterocycles. The van der Waals surface area contributed by atoms with Gasteiger partial charge in [-0.1, -0.05) is 18.1 Å². The number of Topliss-reactive ketones (excluding diaryl/α,β-unsaturated/α-hetero) is 1. The van der Waals surface area contributed by atoms with Gasteiger partial charge >= 0.3 is 0 Å². The largest absolute Gasteiger partial charge is 0.297 e. The second-order valence-corrected chi connectivity index (χ2v) is 4.91. The van der Waals surface area contributed by atoms with Gasteiger partial charge in [-0.2, -0.15) is 0 Å². The second-order valence-electron chi connectivity index (χ2n) is 4.38. The number of rotatable bonds is 1. The van der Waals surface area contributed by atoms with Crippen molar-refractivity contribution < 1.29 is 4.79 Å². The van der Waals surface area contributed by atoms with E-state index in [0.717, 1.165) is 32.1 Å². The van der Waals surface area contributed by atoms with E-state index in [1.54, 1.807) is 0 Å². The fourth-order valence-corrected chi connectivity index (χ4v) is 2.86. The maximum atomic E-state index is 11.9. The molecule has 0 radical (unpaired) electrons. The Kier molecular flexibility index (Phi) is 3.27. The SMILES string of the molecule is O=C1C(Cl)CCCC1C1=CCCCC1. The first-order chi connectivity index (χ1) is 6.79. The maximum Gasteiger partial charge on any atom is 0.157 e. The number of allylic oxidation sites excluding steroid dienone is 2. The smallest absolute Gasteiger partial charge is 0.157 e. The molecule has 2 rings (SSSR count). The average Bonchev–Trinajstić information content (AvgIpc) is 2.23. The number of hydrogen-bond acceptors (Lipinski definition) is 1. The highest BCUT2D eigenvalue weighted by atomic mass is 35.5. The van der Waals surface area contributed by atoms with Crippen molar-refractivity contribution in [3.05, 3.63) is 11.6 Å². The fourth-order valence-electron chi connectivity index (χ4n) is 2.55. The Bertz CT molecular complexity index is 257. The standard InChI is InChI=1S/C12H17ClO/c13-11-8-4-7-10(12(11)14)9-5-2-1-3-6-9/h5,10-11H,1-4,6-8H2. The zero-order valence-corrected chi connectivity index (χ0v) is 9.22. The number of halogens is 1. The van der Waals surface area contributed by atoms with Gasteiger partial charge in [0.05, 0.1) is 5.38 Å². The number of carbonyl (C=O) groups is 1. The molecule has 2 aliphatic rings. The second kappa shape index (κ2) is 4.48. The normalized spacial score (nSPS) is 34.1. The fraction of sp³-hybridized carbons (Fsp3) is 0.750. The van der Waals surface area contributed by atoms with Crippen molar-refractivity contribution in [3.8, 4) is 0 Å². The summed E-state index contributed by atoms with van der Waals surface area (Å²) in [5.74, 6) is 0.456. The van der Waals surface area contributed by atoms with E-state index < -0.39 is 0 Å². The van der Waals surface area contributed by atoms with Gasteiger partial charge in [0, 0.05) is 5.92 Å². The molecule has 14 heavy (non-hydrogen) atoms. The summed E-state index contributed by atoms with van der Waals surface area (Å²) in [6.07, 6.45) is 10.1. The van der Waals surface area contributed by atoms with Crippen LogP contribution in [-0.2, 0) is 4.79 Å². The summed E-state index contributed by atoms with van der Waals surface area (Å²) in [5.41, 5.74) is 1.38. The molecule has 0 aliphatic heterocycles. The highest BCUT2D eigenvalue weighted by Crippen LogP contribution is 2.34. The summed E-state index contributed by atoms with van der Waals surface area (Å²) in [7, 11) is 0. The number of hydrogen-bond donors (Lipinski definition) is 0. The van der Waals surface area contributed by atoms with E-state index in [1.165, 1.54) is 18.4 Å². The molecule has 1 fully saturated rings. The van der Waals surface area contributed by atoms with Gasteiger partial charge in [-0.05, 0) is 38.5 Å². The Labute approximate surface area is 90.5 Å². The predicted molar refractivity (Wildman–Crippen MR) is 58.5 cm³/mol. The van der Waals surface area contributed by atoms with Crippen LogP contribution in [0.5, 0.6) is 0 Å². The Balaban J connectivity index is 2.08. The van der Waals surface area contributed by atoms with Crippen LogP contribution in [0.3, 0.4) is 0 Å². The molecule has 2 unspecified atom stereocenters. The van der Waals surface area contributed by atoms with E-state index >= 15 is 0 Å². The third kappa shape index (κ3) is 2.03. The van der Waals surface area contributed by atoms with Crippen LogP contribution in [0.25, 0.3) is 0 Å². The molecule has 1 nitrogen and oxygen atoms in total. The molecule has 2 heteroatoms. The van der Waals surface area contributed by atoms with E-state index in [9.17, 15) is 4.79 Å². The monoisotopic (exact) mass is 212 g/mol. The Hall–Kier alpha value is -0.300. The molecular weight excluding hydrogens is 196 g/mol. The van der Waals surface area contributed by atoms with E-state index in [-0.39, 0.29) is 17.1 Å². The topological polar surface area (TPSA) is 17.1 Å². The van der Waals surface area contributed by atoms with Gasteiger partial charge in [-0.25, -0.2) is 0 Å². The predicted octanol–water partition coefficient (Wildman–Crippen LogP) is 3.46. The van der Waals surface area contributed by atoms with Crippen molar-refractivity contribution in [1.82, 2.24) is 0 Å². The van der Waals surface area contributed by atoms with E-state index in [1.807, 2.05) is 0 Å². The van der Waals surface area contributed by atoms with Gasteiger partial charge in [-0.3, -0.25) is 4.79 Å². The molecule has 2 aliphatic carbocycles. The summed E-state index contributed by atoms with van der Waals surface area (Å²) in [4.78, 5) is 11.9. The van der Waals surface area contributed by atoms with E-state index in [0.29, 0.717) is 0 Å². The Morgan fingerprint density at radius 1 is 1.21 bits per heavy atom. The molecule has 0 aromatic carbocycles. The van der Waals surface area contributed by atoms with Gasteiger partial charge in [0.25, 0.3) is 0 Å². The highest BCUT2D eigenvalue weighted by molar-refractivity contribution is 6.31. The zero-order valence-electron chi connectivity index (χ0n) is 8.47. The molecular formula is C12H17ClO. The van der Waals surface area contributed by atoms with E-state index in [2.05, 4.69) is 6.08 Å². The minimum Gasteiger partial charge on any atom is -0.297 e. The van der Waals surface area contributed by atoms with Crippen molar-refractivity contribution in [1.29, 1.82) is 0 Å². The van der Waals surface area contributed by atoms with Crippen molar-refractivity contribution in [3.63, 3.8) is 0 Å². The lowest BCUT2D eigenvalue weighted by Gasteiger charge is -2.28. The van der Waals surface area contributed by atoms with Crippen molar-refractivity contribution in [2.24, 2.45) is 5.92 Å². The molecule has 1 saturated carbocycles. The summed E-state index contributed by atoms with van der Waals surface area (Å²) in [6, 6.07) is 0. The van der Waals surface area contributed by atoms with Crippen LogP contribution >= 0.6 is 11.6 Å². The van der Waals surface area contributed by atoms with Crippen molar-refractivity contribution in [2.75, 3.05) is 0 Å². The van der Waals surface area contributed by atoms with Gasteiger partial charge in [-0.15, -0.1) is 11.6 Å². The summed E-state index contributed by atoms with van der Waals surface area (Å²) in [6.45, 7) is 0. The Morgan fingerprint density at radius 2 is 2.07 bits per heavy atom. The average molecular weight is 213 g/mol. The molecule has 0 N–H and O–H groups in total. The quantitative estimate of drug-likeness (QED) is 0.481. The first-order valence-corrected chi connectivity index (χ1v) is 6.09. The number of alkyl halides is 1. The van der Waals surface area contributed by atoms with Crippen molar-refractivity contribution in [2.45, 2.75) is 50.3 Å². The van der Waals surface area contributed by atoms with Crippen LogP contribution in [-0.4, -0.2) is 11.2 Å². The van der Waals surface area contributed by atoms with Gasteiger partial charge < -0.3 is 0 Å². The van der Waals surface area contributed by atoms with Crippen LogP contribution in [0.4, 0.5) is 0 Å². The van der Waals surface area contributed by atoms with Crippen LogP contribution in [0.15, 0.2) is 11.6 Å². The summed E-state index contributed by atoms with van der Waals surface area (Å²) < 4.78 is 0. The Morgan fingerprint density at radius 3 is 2.79 bits per heavy atom. The van der Waals surface area contributed by atoms with Crippen LogP contribution < -0.4 is 0 Å². The van der Waals surface area contributed by atoms with Crippen LogP contribution in [0, 0.1) is 5.92 Å². The molecule has 0 heterocycles. The number of carbonyl (C=O) groups excluding carboxylic acids is 1. The van der Waals surface area contributed by atoms with E-state index in [4.69, 9.17) is 11.6 Å². The van der Waals surface area contributed by atoms with Gasteiger partial charge in [0.2, 0.25) is 0 Å². The third-order valence-electron chi connectivity index (χ3n) is 3.38. The molecule has 0 spiro atoms. The van der Waals surface area contributed by atoms with Crippen LogP contribution in [0.1, 0.15) is 44.9 Å². The van der Waals surface area contributed by atoms with Crippen LogP contribution in [0.2, 0.25) is 0 Å². The molecule has 2 atom stereocenters. The third-order valence-corrected chi connectivity index (χ3v) is 3.81. The minimum absolute atomic E-state index is 0.173. The summed E-state index contributed by atoms with van der Waals surface area (Å²) in [5, 5.41) is -0.212. The summed E-state index contributed by atoms with van der Waals surface area (Å²) >= 11 is 6.00. The zero-order chi connectivity index (χ0) is 9.97. The lowest BCUT2D eigenvalue weighted by Crippen LogP contribution is -2.30. The highest BCUT2D eigenvalue weighted by Gasteiger charge is 2.32. The first kappa shape index (κ1) is 10.2. The first-order valence-electron chi connectivity index (χ1n) is 5.66. The lowest BCUT2D eigenvalue weighted by atomic mass is 9.78. The maximum absolute atomic E-state index is 11.9. The van der Waals surface area contributed by atoms with Gasteiger partial charge in [0.15, 0.2) is 5.78 Å². The molecule has 0 aromatic rings. The van der Waals surface area contributed by atoms with Gasteiger partial charge in [0.1, 0.15) is 0 Å². The molecule has 0 amide bonds. The minimum atomic E-state index is -0.212. The molecule has 0 bridgehead atoms. The van der Waals surface area contributed by atoms with Crippen molar-refractivity contribution >= 4 is 17.4 Å². The number of ketones is 1. The lowest BCUT2D eigenvalue weighted by molar-refractivity contribution is -0.123. The molecule has 0 aromatic heterocycles.